The van der Waals surface area contributed by atoms with Gasteiger partial charge in [-0.25, -0.2) is 0 Å². The zero-order valence-electron chi connectivity index (χ0n) is 14.0. The largest absolute Gasteiger partial charge is 0.0887 e. The molecular formula is C20H33Br. The van der Waals surface area contributed by atoms with E-state index in [1.165, 1.54) is 81.8 Å². The van der Waals surface area contributed by atoms with Crippen molar-refractivity contribution in [3.05, 3.63) is 35.4 Å². The first-order valence-corrected chi connectivity index (χ1v) is 9.83. The molecule has 0 aromatic heterocycles. The SMILES string of the molecule is CCCCCCCCCCCC(Br)Cc1cccc(C)c1. The summed E-state index contributed by atoms with van der Waals surface area (Å²) in [6, 6.07) is 8.90. The van der Waals surface area contributed by atoms with E-state index < -0.39 is 0 Å². The van der Waals surface area contributed by atoms with E-state index >= 15 is 0 Å². The van der Waals surface area contributed by atoms with Crippen LogP contribution >= 0.6 is 15.9 Å². The van der Waals surface area contributed by atoms with Crippen molar-refractivity contribution in [2.75, 3.05) is 0 Å². The number of aryl methyl sites for hydroxylation is 1. The average molecular weight is 353 g/mol. The Hall–Kier alpha value is -0.300. The molecule has 0 amide bonds. The third kappa shape index (κ3) is 10.1. The second-order valence-corrected chi connectivity index (χ2v) is 7.70. The van der Waals surface area contributed by atoms with Gasteiger partial charge in [-0.05, 0) is 25.3 Å². The van der Waals surface area contributed by atoms with Gasteiger partial charge in [-0.2, -0.15) is 0 Å². The summed E-state index contributed by atoms with van der Waals surface area (Å²) in [7, 11) is 0. The first-order valence-electron chi connectivity index (χ1n) is 8.92. The van der Waals surface area contributed by atoms with Crippen molar-refractivity contribution in [1.82, 2.24) is 0 Å². The maximum Gasteiger partial charge on any atom is 0.0186 e. The molecule has 1 rings (SSSR count). The molecule has 1 heteroatoms. The van der Waals surface area contributed by atoms with Crippen LogP contribution in [-0.2, 0) is 6.42 Å². The minimum atomic E-state index is 0.642. The summed E-state index contributed by atoms with van der Waals surface area (Å²) >= 11 is 3.85. The van der Waals surface area contributed by atoms with E-state index in [0.717, 1.165) is 0 Å². The van der Waals surface area contributed by atoms with Crippen molar-refractivity contribution in [3.8, 4) is 0 Å². The Balaban J connectivity index is 1.97. The number of unbranched alkanes of at least 4 members (excludes halogenated alkanes) is 8. The standard InChI is InChI=1S/C20H33Br/c1-3-4-5-6-7-8-9-10-11-15-20(21)17-19-14-12-13-18(2)16-19/h12-14,16,20H,3-11,15,17H2,1-2H3. The van der Waals surface area contributed by atoms with Crippen LogP contribution in [0.15, 0.2) is 24.3 Å². The topological polar surface area (TPSA) is 0 Å². The van der Waals surface area contributed by atoms with Gasteiger partial charge in [-0.3, -0.25) is 0 Å². The molecule has 21 heavy (non-hydrogen) atoms. The van der Waals surface area contributed by atoms with Crippen molar-refractivity contribution < 1.29 is 0 Å². The van der Waals surface area contributed by atoms with Gasteiger partial charge in [0, 0.05) is 4.83 Å². The molecule has 0 nitrogen and oxygen atoms in total. The van der Waals surface area contributed by atoms with Crippen LogP contribution in [-0.4, -0.2) is 4.83 Å². The maximum atomic E-state index is 3.85. The number of hydrogen-bond acceptors (Lipinski definition) is 0. The highest BCUT2D eigenvalue weighted by molar-refractivity contribution is 9.09. The number of hydrogen-bond donors (Lipinski definition) is 0. The Morgan fingerprint density at radius 2 is 1.52 bits per heavy atom. The lowest BCUT2D eigenvalue weighted by atomic mass is 10.0. The molecule has 0 saturated heterocycles. The minimum absolute atomic E-state index is 0.642. The van der Waals surface area contributed by atoms with E-state index in [9.17, 15) is 0 Å². The van der Waals surface area contributed by atoms with Crippen LogP contribution in [0, 0.1) is 6.92 Å². The van der Waals surface area contributed by atoms with Crippen molar-refractivity contribution in [2.24, 2.45) is 0 Å². The van der Waals surface area contributed by atoms with Crippen molar-refractivity contribution in [3.63, 3.8) is 0 Å². The predicted octanol–water partition coefficient (Wildman–Crippen LogP) is 7.22. The molecule has 0 heterocycles. The highest BCUT2D eigenvalue weighted by atomic mass is 79.9. The van der Waals surface area contributed by atoms with Gasteiger partial charge in [0.05, 0.1) is 0 Å². The van der Waals surface area contributed by atoms with Crippen molar-refractivity contribution in [1.29, 1.82) is 0 Å². The van der Waals surface area contributed by atoms with Gasteiger partial charge >= 0.3 is 0 Å². The molecule has 0 aliphatic heterocycles. The summed E-state index contributed by atoms with van der Waals surface area (Å²) in [4.78, 5) is 0.642. The molecule has 0 saturated carbocycles. The van der Waals surface area contributed by atoms with Crippen molar-refractivity contribution >= 4 is 15.9 Å². The quantitative estimate of drug-likeness (QED) is 0.275. The molecule has 0 bridgehead atoms. The molecule has 1 atom stereocenters. The van der Waals surface area contributed by atoms with Gasteiger partial charge in [0.25, 0.3) is 0 Å². The number of benzene rings is 1. The molecule has 0 aliphatic carbocycles. The van der Waals surface area contributed by atoms with E-state index in [2.05, 4.69) is 54.0 Å². The van der Waals surface area contributed by atoms with Crippen LogP contribution in [0.4, 0.5) is 0 Å². The molecule has 0 spiro atoms. The Bertz CT molecular complexity index is 359. The van der Waals surface area contributed by atoms with Crippen LogP contribution in [0.2, 0.25) is 0 Å². The van der Waals surface area contributed by atoms with E-state index in [0.29, 0.717) is 4.83 Å². The van der Waals surface area contributed by atoms with E-state index in [1.807, 2.05) is 0 Å². The predicted molar refractivity (Wildman–Crippen MR) is 99.4 cm³/mol. The highest BCUT2D eigenvalue weighted by Crippen LogP contribution is 2.18. The summed E-state index contributed by atoms with van der Waals surface area (Å²) in [6.07, 6.45) is 15.2. The fraction of sp³-hybridized carbons (Fsp3) is 0.700. The normalized spacial score (nSPS) is 12.5. The van der Waals surface area contributed by atoms with E-state index in [1.54, 1.807) is 0 Å². The first-order chi connectivity index (χ1) is 10.2. The van der Waals surface area contributed by atoms with Crippen LogP contribution in [0.1, 0.15) is 82.3 Å². The fourth-order valence-electron chi connectivity index (χ4n) is 2.87. The van der Waals surface area contributed by atoms with Crippen LogP contribution in [0.3, 0.4) is 0 Å². The molecule has 1 aromatic carbocycles. The van der Waals surface area contributed by atoms with E-state index in [-0.39, 0.29) is 0 Å². The second kappa shape index (κ2) is 12.3. The zero-order valence-corrected chi connectivity index (χ0v) is 15.6. The Kier molecular flexibility index (Phi) is 10.9. The third-order valence-electron chi connectivity index (χ3n) is 4.16. The summed E-state index contributed by atoms with van der Waals surface area (Å²) in [5.74, 6) is 0. The fourth-order valence-corrected chi connectivity index (χ4v) is 3.57. The molecule has 1 unspecified atom stereocenters. The molecule has 120 valence electrons. The van der Waals surface area contributed by atoms with Crippen LogP contribution in [0.5, 0.6) is 0 Å². The smallest absolute Gasteiger partial charge is 0.0186 e. The van der Waals surface area contributed by atoms with Crippen LogP contribution < -0.4 is 0 Å². The molecule has 0 N–H and O–H groups in total. The van der Waals surface area contributed by atoms with Gasteiger partial charge in [0.2, 0.25) is 0 Å². The lowest BCUT2D eigenvalue weighted by molar-refractivity contribution is 0.553. The first kappa shape index (κ1) is 18.7. The van der Waals surface area contributed by atoms with Gasteiger partial charge in [-0.1, -0.05) is 110 Å². The number of halogens is 1. The summed E-state index contributed by atoms with van der Waals surface area (Å²) in [6.45, 7) is 4.46. The maximum absolute atomic E-state index is 3.85. The Labute approximate surface area is 140 Å². The lowest BCUT2D eigenvalue weighted by Crippen LogP contribution is -2.02. The van der Waals surface area contributed by atoms with Gasteiger partial charge in [-0.15, -0.1) is 0 Å². The molecule has 1 aromatic rings. The Morgan fingerprint density at radius 3 is 2.14 bits per heavy atom. The molecule has 0 fully saturated rings. The third-order valence-corrected chi connectivity index (χ3v) is 4.94. The van der Waals surface area contributed by atoms with E-state index in [4.69, 9.17) is 0 Å². The number of alkyl halides is 1. The molecular weight excluding hydrogens is 320 g/mol. The summed E-state index contributed by atoms with van der Waals surface area (Å²) < 4.78 is 0. The van der Waals surface area contributed by atoms with Gasteiger partial charge in [0.15, 0.2) is 0 Å². The molecule has 0 aliphatic rings. The van der Waals surface area contributed by atoms with Crippen LogP contribution in [0.25, 0.3) is 0 Å². The molecule has 0 radical (unpaired) electrons. The highest BCUT2D eigenvalue weighted by Gasteiger charge is 2.05. The number of rotatable bonds is 12. The summed E-state index contributed by atoms with van der Waals surface area (Å²) in [5, 5.41) is 0. The summed E-state index contributed by atoms with van der Waals surface area (Å²) in [5.41, 5.74) is 2.84. The Morgan fingerprint density at radius 1 is 0.905 bits per heavy atom. The average Bonchev–Trinajstić information content (AvgIpc) is 2.45. The van der Waals surface area contributed by atoms with Crippen molar-refractivity contribution in [2.45, 2.75) is 89.3 Å². The van der Waals surface area contributed by atoms with Gasteiger partial charge < -0.3 is 0 Å². The zero-order chi connectivity index (χ0) is 15.3. The second-order valence-electron chi connectivity index (χ2n) is 6.41. The van der Waals surface area contributed by atoms with Gasteiger partial charge in [0.1, 0.15) is 0 Å². The monoisotopic (exact) mass is 352 g/mol. The lowest BCUT2D eigenvalue weighted by Gasteiger charge is -2.10. The minimum Gasteiger partial charge on any atom is -0.0887 e.